The molecule has 19 heavy (non-hydrogen) atoms. The van der Waals surface area contributed by atoms with Gasteiger partial charge in [0.2, 0.25) is 0 Å². The minimum absolute atomic E-state index is 0.198. The van der Waals surface area contributed by atoms with Crippen molar-refractivity contribution in [2.45, 2.75) is 25.8 Å². The van der Waals surface area contributed by atoms with E-state index in [2.05, 4.69) is 15.6 Å². The van der Waals surface area contributed by atoms with Crippen molar-refractivity contribution in [3.63, 3.8) is 0 Å². The minimum Gasteiger partial charge on any atom is -0.320 e. The third-order valence-electron chi connectivity index (χ3n) is 2.99. The maximum atomic E-state index is 12.8. The average Bonchev–Trinajstić information content (AvgIpc) is 2.86. The molecule has 1 N–H and O–H groups in total. The lowest BCUT2D eigenvalue weighted by atomic mass is 10.1. The molecule has 2 aromatic rings. The summed E-state index contributed by atoms with van der Waals surface area (Å²) in [6.07, 6.45) is 4.82. The third-order valence-corrected chi connectivity index (χ3v) is 2.99. The van der Waals surface area contributed by atoms with E-state index in [9.17, 15) is 4.39 Å². The molecule has 5 heteroatoms. The van der Waals surface area contributed by atoms with E-state index in [-0.39, 0.29) is 5.82 Å². The molecular formula is C14H19FN4. The van der Waals surface area contributed by atoms with Gasteiger partial charge in [-0.1, -0.05) is 17.3 Å². The van der Waals surface area contributed by atoms with Gasteiger partial charge in [0, 0.05) is 12.7 Å². The van der Waals surface area contributed by atoms with Gasteiger partial charge in [0.05, 0.1) is 5.69 Å². The van der Waals surface area contributed by atoms with E-state index in [1.54, 1.807) is 12.1 Å². The largest absolute Gasteiger partial charge is 0.320 e. The molecule has 2 rings (SSSR count). The number of hydrogen-bond donors (Lipinski definition) is 1. The summed E-state index contributed by atoms with van der Waals surface area (Å²) in [6, 6.07) is 6.58. The third kappa shape index (κ3) is 4.44. The highest BCUT2D eigenvalue weighted by molar-refractivity contribution is 5.16. The van der Waals surface area contributed by atoms with Crippen LogP contribution in [0.1, 0.15) is 17.7 Å². The highest BCUT2D eigenvalue weighted by atomic mass is 19.1. The Hall–Kier alpha value is -1.75. The fraction of sp³-hybridized carbons (Fsp3) is 0.429. The summed E-state index contributed by atoms with van der Waals surface area (Å²) >= 11 is 0. The molecule has 0 saturated heterocycles. The number of halogens is 1. The second-order valence-electron chi connectivity index (χ2n) is 4.56. The Balaban J connectivity index is 1.81. The summed E-state index contributed by atoms with van der Waals surface area (Å²) in [5.41, 5.74) is 2.13. The number of nitrogens with one attached hydrogen (secondary N) is 1. The van der Waals surface area contributed by atoms with Crippen LogP contribution in [0.15, 0.2) is 30.5 Å². The normalized spacial score (nSPS) is 10.8. The zero-order chi connectivity index (χ0) is 13.5. The van der Waals surface area contributed by atoms with Gasteiger partial charge in [-0.15, -0.1) is 5.10 Å². The molecule has 0 radical (unpaired) electrons. The van der Waals surface area contributed by atoms with Crippen LogP contribution in [0, 0.1) is 5.82 Å². The van der Waals surface area contributed by atoms with Crippen LogP contribution < -0.4 is 5.32 Å². The lowest BCUT2D eigenvalue weighted by molar-refractivity contribution is 0.587. The number of aromatic nitrogens is 3. The fourth-order valence-corrected chi connectivity index (χ4v) is 1.90. The van der Waals surface area contributed by atoms with Crippen LogP contribution in [-0.4, -0.2) is 28.6 Å². The average molecular weight is 262 g/mol. The van der Waals surface area contributed by atoms with Gasteiger partial charge in [-0.25, -0.2) is 4.39 Å². The van der Waals surface area contributed by atoms with E-state index < -0.39 is 0 Å². The molecule has 0 aliphatic heterocycles. The first-order valence-electron chi connectivity index (χ1n) is 6.56. The van der Waals surface area contributed by atoms with E-state index in [1.807, 2.05) is 17.9 Å². The zero-order valence-electron chi connectivity index (χ0n) is 11.1. The number of aryl methyl sites for hydroxylation is 3. The van der Waals surface area contributed by atoms with E-state index in [0.29, 0.717) is 0 Å². The quantitative estimate of drug-likeness (QED) is 0.774. The maximum Gasteiger partial charge on any atom is 0.123 e. The number of nitrogens with zero attached hydrogens (tertiary/aromatic N) is 3. The lowest BCUT2D eigenvalue weighted by Crippen LogP contribution is -2.08. The monoisotopic (exact) mass is 262 g/mol. The first-order valence-corrected chi connectivity index (χ1v) is 6.56. The smallest absolute Gasteiger partial charge is 0.123 e. The van der Waals surface area contributed by atoms with E-state index in [1.165, 1.54) is 12.1 Å². The van der Waals surface area contributed by atoms with Crippen LogP contribution in [0.5, 0.6) is 0 Å². The molecule has 1 aromatic heterocycles. The summed E-state index contributed by atoms with van der Waals surface area (Å²) in [5.74, 6) is -0.198. The predicted octanol–water partition coefficient (Wildman–Crippen LogP) is 1.81. The van der Waals surface area contributed by atoms with Crippen LogP contribution in [0.4, 0.5) is 4.39 Å². The summed E-state index contributed by atoms with van der Waals surface area (Å²) < 4.78 is 14.6. The van der Waals surface area contributed by atoms with Crippen LogP contribution in [-0.2, 0) is 19.4 Å². The number of rotatable bonds is 7. The van der Waals surface area contributed by atoms with Crippen LogP contribution in [0.25, 0.3) is 0 Å². The second-order valence-corrected chi connectivity index (χ2v) is 4.56. The van der Waals surface area contributed by atoms with Gasteiger partial charge >= 0.3 is 0 Å². The van der Waals surface area contributed by atoms with E-state index in [0.717, 1.165) is 43.6 Å². The van der Waals surface area contributed by atoms with Gasteiger partial charge in [0.15, 0.2) is 0 Å². The van der Waals surface area contributed by atoms with Crippen LogP contribution >= 0.6 is 0 Å². The Bertz CT molecular complexity index is 492. The molecule has 4 nitrogen and oxygen atoms in total. The molecule has 0 fully saturated rings. The molecule has 0 spiro atoms. The van der Waals surface area contributed by atoms with Gasteiger partial charge in [-0.2, -0.15) is 0 Å². The van der Waals surface area contributed by atoms with Crippen molar-refractivity contribution in [2.24, 2.45) is 0 Å². The summed E-state index contributed by atoms with van der Waals surface area (Å²) in [5, 5.41) is 11.3. The first kappa shape index (κ1) is 13.7. The number of benzene rings is 1. The molecule has 0 bridgehead atoms. The molecular weight excluding hydrogens is 243 g/mol. The molecule has 0 amide bonds. The van der Waals surface area contributed by atoms with E-state index >= 15 is 0 Å². The van der Waals surface area contributed by atoms with Crippen LogP contribution in [0.2, 0.25) is 0 Å². The van der Waals surface area contributed by atoms with Crippen molar-refractivity contribution in [3.05, 3.63) is 47.5 Å². The highest BCUT2D eigenvalue weighted by Gasteiger charge is 2.01. The molecule has 102 valence electrons. The van der Waals surface area contributed by atoms with E-state index in [4.69, 9.17) is 0 Å². The SMILES string of the molecule is CNCCCc1cn(CCc2ccc(F)cc2)nn1. The van der Waals surface area contributed by atoms with Crippen molar-refractivity contribution in [3.8, 4) is 0 Å². The van der Waals surface area contributed by atoms with Crippen molar-refractivity contribution in [1.29, 1.82) is 0 Å². The minimum atomic E-state index is -0.198. The molecule has 0 aliphatic carbocycles. The summed E-state index contributed by atoms with van der Waals surface area (Å²) in [7, 11) is 1.94. The maximum absolute atomic E-state index is 12.8. The molecule has 1 aromatic carbocycles. The Kier molecular flexibility index (Phi) is 5.03. The molecule has 0 atom stereocenters. The van der Waals surface area contributed by atoms with Crippen molar-refractivity contribution in [2.75, 3.05) is 13.6 Å². The fourth-order valence-electron chi connectivity index (χ4n) is 1.90. The Morgan fingerprint density at radius 3 is 2.74 bits per heavy atom. The van der Waals surface area contributed by atoms with Gasteiger partial charge in [0.1, 0.15) is 5.82 Å². The van der Waals surface area contributed by atoms with Gasteiger partial charge < -0.3 is 5.32 Å². The first-order chi connectivity index (χ1) is 9.28. The van der Waals surface area contributed by atoms with Crippen LogP contribution in [0.3, 0.4) is 0 Å². The Morgan fingerprint density at radius 1 is 1.21 bits per heavy atom. The zero-order valence-corrected chi connectivity index (χ0v) is 11.1. The summed E-state index contributed by atoms with van der Waals surface area (Å²) in [4.78, 5) is 0. The highest BCUT2D eigenvalue weighted by Crippen LogP contribution is 2.05. The topological polar surface area (TPSA) is 42.7 Å². The second kappa shape index (κ2) is 6.99. The lowest BCUT2D eigenvalue weighted by Gasteiger charge is -2.01. The van der Waals surface area contributed by atoms with Gasteiger partial charge in [-0.3, -0.25) is 4.68 Å². The molecule has 0 aliphatic rings. The molecule has 0 saturated carbocycles. The molecule has 0 unspecified atom stereocenters. The van der Waals surface area contributed by atoms with Crippen molar-refractivity contribution < 1.29 is 4.39 Å². The van der Waals surface area contributed by atoms with Crippen molar-refractivity contribution in [1.82, 2.24) is 20.3 Å². The number of hydrogen-bond acceptors (Lipinski definition) is 3. The van der Waals surface area contributed by atoms with Gasteiger partial charge in [0.25, 0.3) is 0 Å². The molecule has 1 heterocycles. The van der Waals surface area contributed by atoms with Gasteiger partial charge in [-0.05, 0) is 50.6 Å². The standard InChI is InChI=1S/C14H19FN4/c1-16-9-2-3-14-11-19(18-17-14)10-8-12-4-6-13(15)7-5-12/h4-7,11,16H,2-3,8-10H2,1H3. The van der Waals surface area contributed by atoms with Crippen molar-refractivity contribution >= 4 is 0 Å². The summed E-state index contributed by atoms with van der Waals surface area (Å²) in [6.45, 7) is 1.76. The Labute approximate surface area is 112 Å². The predicted molar refractivity (Wildman–Crippen MR) is 72.4 cm³/mol. The Morgan fingerprint density at radius 2 is 2.00 bits per heavy atom.